The van der Waals surface area contributed by atoms with Crippen LogP contribution in [0.1, 0.15) is 22.5 Å². The Morgan fingerprint density at radius 1 is 0.409 bits per heavy atom. The molecule has 44 heavy (non-hydrogen) atoms. The first-order chi connectivity index (χ1) is 21.8. The maximum atomic E-state index is 6.52. The van der Waals surface area contributed by atoms with Gasteiger partial charge in [-0.3, -0.25) is 0 Å². The maximum Gasteiger partial charge on any atom is 0.135 e. The van der Waals surface area contributed by atoms with Gasteiger partial charge in [-0.25, -0.2) is 0 Å². The van der Waals surface area contributed by atoms with Gasteiger partial charge in [0, 0.05) is 17.4 Å². The third kappa shape index (κ3) is 3.94. The van der Waals surface area contributed by atoms with Crippen LogP contribution in [0.15, 0.2) is 150 Å². The van der Waals surface area contributed by atoms with Crippen LogP contribution < -0.4 is 0 Å². The summed E-state index contributed by atoms with van der Waals surface area (Å²) < 4.78 is 6.52. The molecule has 1 aliphatic carbocycles. The van der Waals surface area contributed by atoms with E-state index in [0.29, 0.717) is 0 Å². The van der Waals surface area contributed by atoms with E-state index in [-0.39, 0.29) is 0 Å². The Kier molecular flexibility index (Phi) is 5.64. The van der Waals surface area contributed by atoms with Gasteiger partial charge >= 0.3 is 0 Å². The lowest BCUT2D eigenvalue weighted by molar-refractivity contribution is 0.562. The summed E-state index contributed by atoms with van der Waals surface area (Å²) in [6, 6.07) is 52.6. The number of rotatable bonds is 3. The lowest BCUT2D eigenvalue weighted by atomic mass is 9.85. The van der Waals surface area contributed by atoms with Gasteiger partial charge in [-0.1, -0.05) is 140 Å². The topological polar surface area (TPSA) is 13.1 Å². The molecule has 0 fully saturated rings. The maximum absolute atomic E-state index is 6.52. The first-order valence-electron chi connectivity index (χ1n) is 15.2. The van der Waals surface area contributed by atoms with E-state index in [9.17, 15) is 0 Å². The molecule has 0 amide bonds. The van der Waals surface area contributed by atoms with E-state index in [2.05, 4.69) is 158 Å². The molecule has 0 atom stereocenters. The van der Waals surface area contributed by atoms with Crippen LogP contribution in [-0.2, 0) is 6.42 Å². The molecule has 8 aromatic rings. The van der Waals surface area contributed by atoms with Crippen LogP contribution in [0, 0.1) is 0 Å². The molecule has 0 aliphatic heterocycles. The van der Waals surface area contributed by atoms with Crippen LogP contribution in [0.4, 0.5) is 0 Å². The second kappa shape index (κ2) is 9.97. The zero-order chi connectivity index (χ0) is 29.0. The van der Waals surface area contributed by atoms with Crippen molar-refractivity contribution < 1.29 is 4.42 Å². The number of hydrogen-bond acceptors (Lipinski definition) is 1. The van der Waals surface area contributed by atoms with Gasteiger partial charge in [0.15, 0.2) is 0 Å². The minimum atomic E-state index is 0.803. The number of furan rings is 1. The molecule has 9 rings (SSSR count). The molecular weight excluding hydrogens is 532 g/mol. The summed E-state index contributed by atoms with van der Waals surface area (Å²) in [6.07, 6.45) is 5.23. The Bertz CT molecular complexity index is 2350. The summed E-state index contributed by atoms with van der Waals surface area (Å²) in [5, 5.41) is 6.23. The normalized spacial score (nSPS) is 12.4. The molecule has 1 aliphatic rings. The van der Waals surface area contributed by atoms with Crippen LogP contribution in [0.3, 0.4) is 0 Å². The van der Waals surface area contributed by atoms with Crippen LogP contribution in [0.5, 0.6) is 0 Å². The average Bonchev–Trinajstić information content (AvgIpc) is 3.32. The first-order valence-corrected chi connectivity index (χ1v) is 15.2. The summed E-state index contributed by atoms with van der Waals surface area (Å²) in [5.74, 6) is 1.03. The lowest BCUT2D eigenvalue weighted by Crippen LogP contribution is -1.91. The van der Waals surface area contributed by atoms with Gasteiger partial charge in [0.2, 0.25) is 0 Å². The van der Waals surface area contributed by atoms with Crippen molar-refractivity contribution in [1.82, 2.24) is 0 Å². The minimum absolute atomic E-state index is 0.803. The molecule has 0 saturated carbocycles. The standard InChI is InChI=1S/C43H28O/c1-2-12-29(13-3-1)42-36-17-6-8-19-38(36)43(39-20-9-7-18-37(39)42)33-16-10-15-30(25-33)32-22-24-35-34-23-21-28-11-4-5-14-31(28)26-40(34)44-41(35)27-32/h1-25,27H,26H2. The van der Waals surface area contributed by atoms with Crippen molar-refractivity contribution in [3.05, 3.63) is 168 Å². The van der Waals surface area contributed by atoms with Crippen molar-refractivity contribution in [1.29, 1.82) is 0 Å². The molecule has 1 aromatic heterocycles. The van der Waals surface area contributed by atoms with Crippen molar-refractivity contribution in [3.63, 3.8) is 0 Å². The van der Waals surface area contributed by atoms with E-state index in [1.54, 1.807) is 0 Å². The minimum Gasteiger partial charge on any atom is -0.460 e. The Hall–Kier alpha value is -5.66. The smallest absolute Gasteiger partial charge is 0.135 e. The second-order valence-corrected chi connectivity index (χ2v) is 11.6. The third-order valence-corrected chi connectivity index (χ3v) is 9.12. The molecule has 1 nitrogen and oxygen atoms in total. The highest BCUT2D eigenvalue weighted by Crippen LogP contribution is 2.44. The molecule has 206 valence electrons. The summed E-state index contributed by atoms with van der Waals surface area (Å²) in [4.78, 5) is 0. The zero-order valence-corrected chi connectivity index (χ0v) is 24.1. The summed E-state index contributed by atoms with van der Waals surface area (Å²) in [7, 11) is 0. The molecule has 0 N–H and O–H groups in total. The van der Waals surface area contributed by atoms with Crippen molar-refractivity contribution in [2.75, 3.05) is 0 Å². The highest BCUT2D eigenvalue weighted by molar-refractivity contribution is 6.21. The van der Waals surface area contributed by atoms with Gasteiger partial charge in [0.1, 0.15) is 11.3 Å². The van der Waals surface area contributed by atoms with E-state index in [1.165, 1.54) is 66.1 Å². The number of benzene rings is 7. The molecule has 0 radical (unpaired) electrons. The van der Waals surface area contributed by atoms with E-state index >= 15 is 0 Å². The monoisotopic (exact) mass is 560 g/mol. The highest BCUT2D eigenvalue weighted by atomic mass is 16.3. The molecule has 0 bridgehead atoms. The molecule has 7 aromatic carbocycles. The first kappa shape index (κ1) is 24.9. The molecule has 0 spiro atoms. The quantitative estimate of drug-likeness (QED) is 0.196. The summed E-state index contributed by atoms with van der Waals surface area (Å²) >= 11 is 0. The van der Waals surface area contributed by atoms with Crippen molar-refractivity contribution in [3.8, 4) is 33.4 Å². The van der Waals surface area contributed by atoms with E-state index in [4.69, 9.17) is 4.42 Å². The summed E-state index contributed by atoms with van der Waals surface area (Å²) in [5.41, 5.74) is 12.0. The number of hydrogen-bond donors (Lipinski definition) is 0. The van der Waals surface area contributed by atoms with Gasteiger partial charge in [-0.15, -0.1) is 0 Å². The highest BCUT2D eigenvalue weighted by Gasteiger charge is 2.19. The van der Waals surface area contributed by atoms with Gasteiger partial charge < -0.3 is 4.42 Å². The van der Waals surface area contributed by atoms with Crippen molar-refractivity contribution >= 4 is 44.7 Å². The Morgan fingerprint density at radius 2 is 1.00 bits per heavy atom. The third-order valence-electron chi connectivity index (χ3n) is 9.12. The SMILES string of the molecule is C1=Cc2c(oc3cc(-c4cccc(-c5c6ccccc6c(-c6ccccc6)c6ccccc56)c4)ccc23)Cc2ccccc21. The van der Waals surface area contributed by atoms with Crippen molar-refractivity contribution in [2.45, 2.75) is 6.42 Å². The molecule has 1 heterocycles. The number of fused-ring (bicyclic) bond motifs is 6. The lowest BCUT2D eigenvalue weighted by Gasteiger charge is -2.18. The molecule has 0 unspecified atom stereocenters. The van der Waals surface area contributed by atoms with E-state index in [0.717, 1.165) is 28.7 Å². The fraction of sp³-hybridized carbons (Fsp3) is 0.0233. The van der Waals surface area contributed by atoms with Crippen LogP contribution in [0.25, 0.3) is 78.0 Å². The average molecular weight is 561 g/mol. The van der Waals surface area contributed by atoms with E-state index < -0.39 is 0 Å². The van der Waals surface area contributed by atoms with E-state index in [1.807, 2.05) is 0 Å². The van der Waals surface area contributed by atoms with Gasteiger partial charge in [0.25, 0.3) is 0 Å². The zero-order valence-electron chi connectivity index (χ0n) is 24.1. The molecule has 0 saturated heterocycles. The van der Waals surface area contributed by atoms with Gasteiger partial charge in [-0.2, -0.15) is 0 Å². The van der Waals surface area contributed by atoms with Gasteiger partial charge in [-0.05, 0) is 84.3 Å². The summed E-state index contributed by atoms with van der Waals surface area (Å²) in [6.45, 7) is 0. The predicted octanol–water partition coefficient (Wildman–Crippen LogP) is 11.8. The van der Waals surface area contributed by atoms with Crippen LogP contribution in [-0.4, -0.2) is 0 Å². The van der Waals surface area contributed by atoms with Crippen LogP contribution in [0.2, 0.25) is 0 Å². The molecular formula is C43H28O. The fourth-order valence-electron chi connectivity index (χ4n) is 7.07. The second-order valence-electron chi connectivity index (χ2n) is 11.6. The Balaban J connectivity index is 1.20. The Labute approximate surface area is 256 Å². The van der Waals surface area contributed by atoms with Crippen molar-refractivity contribution in [2.24, 2.45) is 0 Å². The van der Waals surface area contributed by atoms with Crippen LogP contribution >= 0.6 is 0 Å². The fourth-order valence-corrected chi connectivity index (χ4v) is 7.07. The van der Waals surface area contributed by atoms with Gasteiger partial charge in [0.05, 0.1) is 0 Å². The molecule has 1 heteroatoms. The predicted molar refractivity (Wildman–Crippen MR) is 186 cm³/mol. The Morgan fingerprint density at radius 3 is 1.75 bits per heavy atom. The largest absolute Gasteiger partial charge is 0.460 e.